The lowest BCUT2D eigenvalue weighted by Crippen LogP contribution is -2.49. The highest BCUT2D eigenvalue weighted by Crippen LogP contribution is 2.28. The van der Waals surface area contributed by atoms with Gasteiger partial charge < -0.3 is 15.1 Å². The maximum atomic E-state index is 13.3. The van der Waals surface area contributed by atoms with E-state index in [1.54, 1.807) is 12.1 Å². The zero-order chi connectivity index (χ0) is 20.9. The third-order valence-electron chi connectivity index (χ3n) is 4.61. The molecule has 1 aromatic heterocycles. The Kier molecular flexibility index (Phi) is 6.71. The standard InChI is InChI=1S/C20H19ClFN5OS2/c21-14-3-1-6-17(11-14)26-7-9-27(10-8-26)18(28)13-29-20-25-24-19(30-20)23-16-5-2-4-15(22)12-16/h1-6,11-12H,7-10,13H2,(H,23,24). The average molecular weight is 464 g/mol. The van der Waals surface area contributed by atoms with Crippen LogP contribution in [0.15, 0.2) is 52.9 Å². The number of halogens is 2. The summed E-state index contributed by atoms with van der Waals surface area (Å²) >= 11 is 8.77. The van der Waals surface area contributed by atoms with Crippen molar-refractivity contribution >= 4 is 57.1 Å². The van der Waals surface area contributed by atoms with Crippen molar-refractivity contribution in [3.05, 3.63) is 59.4 Å². The minimum absolute atomic E-state index is 0.0839. The summed E-state index contributed by atoms with van der Waals surface area (Å²) < 4.78 is 14.0. The summed E-state index contributed by atoms with van der Waals surface area (Å²) in [6.07, 6.45) is 0. The molecule has 0 atom stereocenters. The maximum Gasteiger partial charge on any atom is 0.233 e. The molecule has 6 nitrogen and oxygen atoms in total. The lowest BCUT2D eigenvalue weighted by atomic mass is 10.2. The van der Waals surface area contributed by atoms with Crippen LogP contribution < -0.4 is 10.2 Å². The van der Waals surface area contributed by atoms with Gasteiger partial charge in [-0.3, -0.25) is 4.79 Å². The maximum absolute atomic E-state index is 13.3. The summed E-state index contributed by atoms with van der Waals surface area (Å²) in [5, 5.41) is 12.4. The molecule has 10 heteroatoms. The Bertz CT molecular complexity index is 1030. The summed E-state index contributed by atoms with van der Waals surface area (Å²) in [7, 11) is 0. The average Bonchev–Trinajstić information content (AvgIpc) is 3.19. The summed E-state index contributed by atoms with van der Waals surface area (Å²) in [5.74, 6) is 0.0759. The van der Waals surface area contributed by atoms with Gasteiger partial charge in [-0.2, -0.15) is 0 Å². The molecular weight excluding hydrogens is 445 g/mol. The predicted molar refractivity (Wildman–Crippen MR) is 121 cm³/mol. The number of nitrogens with one attached hydrogen (secondary N) is 1. The quantitative estimate of drug-likeness (QED) is 0.542. The van der Waals surface area contributed by atoms with Gasteiger partial charge in [0.15, 0.2) is 4.34 Å². The van der Waals surface area contributed by atoms with Crippen LogP contribution in [-0.2, 0) is 4.79 Å². The Labute approximate surface area is 187 Å². The number of amides is 1. The van der Waals surface area contributed by atoms with Gasteiger partial charge >= 0.3 is 0 Å². The van der Waals surface area contributed by atoms with Crippen LogP contribution in [0.25, 0.3) is 0 Å². The monoisotopic (exact) mass is 463 g/mol. The normalized spacial score (nSPS) is 14.1. The largest absolute Gasteiger partial charge is 0.368 e. The molecule has 156 valence electrons. The van der Waals surface area contributed by atoms with Crippen molar-refractivity contribution in [1.29, 1.82) is 0 Å². The lowest BCUT2D eigenvalue weighted by Gasteiger charge is -2.36. The first-order chi connectivity index (χ1) is 14.6. The SMILES string of the molecule is O=C(CSc1nnc(Nc2cccc(F)c2)s1)N1CCN(c2cccc(Cl)c2)CC1. The fourth-order valence-electron chi connectivity index (χ4n) is 3.11. The van der Waals surface area contributed by atoms with Gasteiger partial charge in [0, 0.05) is 42.6 Å². The second-order valence-corrected chi connectivity index (χ2v) is 9.28. The number of piperazine rings is 1. The highest BCUT2D eigenvalue weighted by molar-refractivity contribution is 8.01. The molecule has 2 heterocycles. The van der Waals surface area contributed by atoms with E-state index in [9.17, 15) is 9.18 Å². The van der Waals surface area contributed by atoms with Crippen LogP contribution in [-0.4, -0.2) is 52.9 Å². The number of rotatable bonds is 6. The first-order valence-corrected chi connectivity index (χ1v) is 11.5. The van der Waals surface area contributed by atoms with Crippen LogP contribution in [0.2, 0.25) is 5.02 Å². The van der Waals surface area contributed by atoms with Crippen molar-refractivity contribution in [2.75, 3.05) is 42.1 Å². The molecule has 0 radical (unpaired) electrons. The molecular formula is C20H19ClFN5OS2. The number of hydrogen-bond acceptors (Lipinski definition) is 7. The van der Waals surface area contributed by atoms with Gasteiger partial charge in [0.05, 0.1) is 5.75 Å². The van der Waals surface area contributed by atoms with Crippen molar-refractivity contribution in [2.24, 2.45) is 0 Å². The molecule has 3 aromatic rings. The van der Waals surface area contributed by atoms with Crippen LogP contribution in [0.1, 0.15) is 0 Å². The highest BCUT2D eigenvalue weighted by atomic mass is 35.5. The molecule has 0 saturated carbocycles. The second-order valence-electron chi connectivity index (χ2n) is 6.64. The minimum Gasteiger partial charge on any atom is -0.368 e. The number of aromatic nitrogens is 2. The topological polar surface area (TPSA) is 61.4 Å². The smallest absolute Gasteiger partial charge is 0.233 e. The van der Waals surface area contributed by atoms with Gasteiger partial charge in [-0.1, -0.05) is 46.8 Å². The number of hydrogen-bond donors (Lipinski definition) is 1. The minimum atomic E-state index is -0.319. The van der Waals surface area contributed by atoms with Crippen molar-refractivity contribution in [3.8, 4) is 0 Å². The number of thioether (sulfide) groups is 1. The van der Waals surface area contributed by atoms with E-state index in [0.717, 1.165) is 18.8 Å². The predicted octanol–water partition coefficient (Wildman–Crippen LogP) is 4.52. The molecule has 0 spiro atoms. The van der Waals surface area contributed by atoms with Crippen LogP contribution >= 0.6 is 34.7 Å². The molecule has 1 fully saturated rings. The Morgan fingerprint density at radius 2 is 1.93 bits per heavy atom. The van der Waals surface area contributed by atoms with E-state index in [1.807, 2.05) is 29.2 Å². The van der Waals surface area contributed by atoms with Gasteiger partial charge in [-0.05, 0) is 36.4 Å². The molecule has 0 unspecified atom stereocenters. The molecule has 2 aromatic carbocycles. The summed E-state index contributed by atoms with van der Waals surface area (Å²) in [4.78, 5) is 16.7. The Balaban J connectivity index is 1.25. The number of carbonyl (C=O) groups is 1. The van der Waals surface area contributed by atoms with Crippen LogP contribution in [0.5, 0.6) is 0 Å². The van der Waals surface area contributed by atoms with Crippen LogP contribution in [0, 0.1) is 5.82 Å². The van der Waals surface area contributed by atoms with Gasteiger partial charge in [0.25, 0.3) is 0 Å². The van der Waals surface area contributed by atoms with E-state index in [0.29, 0.717) is 39.0 Å². The lowest BCUT2D eigenvalue weighted by molar-refractivity contribution is -0.128. The summed E-state index contributed by atoms with van der Waals surface area (Å²) in [6, 6.07) is 13.9. The van der Waals surface area contributed by atoms with Crippen molar-refractivity contribution in [2.45, 2.75) is 4.34 Å². The summed E-state index contributed by atoms with van der Waals surface area (Å²) in [5.41, 5.74) is 1.69. The van der Waals surface area contributed by atoms with Gasteiger partial charge in [-0.15, -0.1) is 10.2 Å². The van der Waals surface area contributed by atoms with E-state index < -0.39 is 0 Å². The zero-order valence-corrected chi connectivity index (χ0v) is 18.3. The molecule has 1 aliphatic heterocycles. The Morgan fingerprint density at radius 3 is 2.70 bits per heavy atom. The van der Waals surface area contributed by atoms with E-state index in [2.05, 4.69) is 20.4 Å². The number of carbonyl (C=O) groups excluding carboxylic acids is 1. The van der Waals surface area contributed by atoms with E-state index in [-0.39, 0.29) is 11.7 Å². The second kappa shape index (κ2) is 9.63. The van der Waals surface area contributed by atoms with Crippen LogP contribution in [0.3, 0.4) is 0 Å². The zero-order valence-electron chi connectivity index (χ0n) is 15.9. The molecule has 0 bridgehead atoms. The van der Waals surface area contributed by atoms with Crippen LogP contribution in [0.4, 0.5) is 20.9 Å². The van der Waals surface area contributed by atoms with Gasteiger partial charge in [0.2, 0.25) is 11.0 Å². The molecule has 1 saturated heterocycles. The fourth-order valence-corrected chi connectivity index (χ4v) is 4.97. The molecule has 1 aliphatic rings. The van der Waals surface area contributed by atoms with Crippen molar-refractivity contribution in [3.63, 3.8) is 0 Å². The number of benzene rings is 2. The molecule has 4 rings (SSSR count). The molecule has 1 amide bonds. The first-order valence-electron chi connectivity index (χ1n) is 9.34. The Hall–Kier alpha value is -2.36. The first kappa shape index (κ1) is 20.9. The number of anilines is 3. The van der Waals surface area contributed by atoms with Gasteiger partial charge in [-0.25, -0.2) is 4.39 Å². The van der Waals surface area contributed by atoms with E-state index in [4.69, 9.17) is 11.6 Å². The third kappa shape index (κ3) is 5.41. The van der Waals surface area contributed by atoms with Gasteiger partial charge in [0.1, 0.15) is 5.82 Å². The number of nitrogens with zero attached hydrogens (tertiary/aromatic N) is 4. The third-order valence-corrected chi connectivity index (χ3v) is 6.80. The molecule has 1 N–H and O–H groups in total. The molecule has 0 aliphatic carbocycles. The van der Waals surface area contributed by atoms with Crippen molar-refractivity contribution in [1.82, 2.24) is 15.1 Å². The molecule has 30 heavy (non-hydrogen) atoms. The van der Waals surface area contributed by atoms with Crippen molar-refractivity contribution < 1.29 is 9.18 Å². The Morgan fingerprint density at radius 1 is 1.13 bits per heavy atom. The summed E-state index contributed by atoms with van der Waals surface area (Å²) in [6.45, 7) is 2.90. The van der Waals surface area contributed by atoms with E-state index in [1.165, 1.54) is 35.2 Å². The fraction of sp³-hybridized carbons (Fsp3) is 0.250. The van der Waals surface area contributed by atoms with E-state index >= 15 is 0 Å². The highest BCUT2D eigenvalue weighted by Gasteiger charge is 2.22.